The molecule has 172 valence electrons. The van der Waals surface area contributed by atoms with Gasteiger partial charge in [-0.25, -0.2) is 0 Å². The number of aliphatic hydroxyl groups is 3. The molecule has 0 radical (unpaired) electrons. The Bertz CT molecular complexity index is 950. The first-order valence-corrected chi connectivity index (χ1v) is 10.8. The lowest BCUT2D eigenvalue weighted by Crippen LogP contribution is -2.56. The molecule has 2 amide bonds. The third kappa shape index (κ3) is 5.34. The highest BCUT2D eigenvalue weighted by atomic mass is 32.1. The average Bonchev–Trinajstić information content (AvgIpc) is 3.29. The first kappa shape index (κ1) is 23.9. The van der Waals surface area contributed by atoms with Crippen LogP contribution >= 0.6 is 11.3 Å². The van der Waals surface area contributed by atoms with E-state index in [1.807, 2.05) is 16.8 Å². The minimum Gasteiger partial charge on any atom is -0.489 e. The Morgan fingerprint density at radius 3 is 2.72 bits per heavy atom. The Morgan fingerprint density at radius 1 is 1.28 bits per heavy atom. The van der Waals surface area contributed by atoms with Gasteiger partial charge < -0.3 is 35.0 Å². The maximum absolute atomic E-state index is 12.8. The summed E-state index contributed by atoms with van der Waals surface area (Å²) in [4.78, 5) is 26.9. The molecule has 0 bridgehead atoms. The number of likely N-dealkylation sites (N-methyl/N-ethyl adjacent to an activating group) is 1. The topological polar surface area (TPSA) is 129 Å². The maximum Gasteiger partial charge on any atom is 0.252 e. The van der Waals surface area contributed by atoms with Crippen LogP contribution in [0.25, 0.3) is 6.08 Å². The van der Waals surface area contributed by atoms with Crippen LogP contribution < -0.4 is 15.0 Å². The van der Waals surface area contributed by atoms with Gasteiger partial charge in [0.25, 0.3) is 11.8 Å². The van der Waals surface area contributed by atoms with Gasteiger partial charge in [0.15, 0.2) is 6.10 Å². The van der Waals surface area contributed by atoms with E-state index in [4.69, 9.17) is 9.47 Å². The molecule has 1 aromatic carbocycles. The van der Waals surface area contributed by atoms with Crippen LogP contribution in [-0.2, 0) is 14.3 Å². The molecule has 1 aromatic heterocycles. The molecule has 0 spiro atoms. The van der Waals surface area contributed by atoms with Crippen LogP contribution in [0, 0.1) is 0 Å². The van der Waals surface area contributed by atoms with Crippen LogP contribution in [0.5, 0.6) is 5.75 Å². The second-order valence-corrected chi connectivity index (χ2v) is 8.06. The first-order chi connectivity index (χ1) is 15.3. The van der Waals surface area contributed by atoms with Gasteiger partial charge in [-0.2, -0.15) is 11.3 Å². The van der Waals surface area contributed by atoms with Gasteiger partial charge in [0.05, 0.1) is 5.69 Å². The SMILES string of the molecule is CO[C@@H](C(=O)NC1COc2ccccc2N(C)C1=O)[C@H](O)[C@@H](O)[C@H](O)C=Cc1ccsc1. The smallest absolute Gasteiger partial charge is 0.252 e. The molecule has 0 fully saturated rings. The lowest BCUT2D eigenvalue weighted by Gasteiger charge is -2.28. The Kier molecular flexibility index (Phi) is 7.99. The number of nitrogens with one attached hydrogen (secondary N) is 1. The number of anilines is 1. The van der Waals surface area contributed by atoms with Crippen molar-refractivity contribution in [2.24, 2.45) is 0 Å². The minimum atomic E-state index is -1.75. The summed E-state index contributed by atoms with van der Waals surface area (Å²) in [6.45, 7) is -0.118. The van der Waals surface area contributed by atoms with Gasteiger partial charge in [-0.3, -0.25) is 9.59 Å². The summed E-state index contributed by atoms with van der Waals surface area (Å²) in [5.74, 6) is -0.735. The van der Waals surface area contributed by atoms with Crippen LogP contribution in [-0.4, -0.2) is 78.4 Å². The summed E-state index contributed by atoms with van der Waals surface area (Å²) in [7, 11) is 2.75. The number of aliphatic hydroxyl groups excluding tert-OH is 3. The zero-order chi connectivity index (χ0) is 23.3. The van der Waals surface area contributed by atoms with Crippen molar-refractivity contribution >= 4 is 34.9 Å². The number of hydrogen-bond acceptors (Lipinski definition) is 8. The van der Waals surface area contributed by atoms with E-state index in [-0.39, 0.29) is 6.61 Å². The second-order valence-electron chi connectivity index (χ2n) is 7.28. The quantitative estimate of drug-likeness (QED) is 0.447. The van der Waals surface area contributed by atoms with E-state index in [0.29, 0.717) is 11.4 Å². The molecule has 5 atom stereocenters. The summed E-state index contributed by atoms with van der Waals surface area (Å²) in [6, 6.07) is 7.76. The molecule has 10 heteroatoms. The molecule has 4 N–H and O–H groups in total. The fourth-order valence-corrected chi connectivity index (χ4v) is 3.92. The molecule has 1 unspecified atom stereocenters. The number of fused-ring (bicyclic) bond motifs is 1. The summed E-state index contributed by atoms with van der Waals surface area (Å²) in [6.07, 6.45) is -3.52. The van der Waals surface area contributed by atoms with Crippen LogP contribution in [0.15, 0.2) is 47.2 Å². The highest BCUT2D eigenvalue weighted by molar-refractivity contribution is 7.08. The van der Waals surface area contributed by atoms with Gasteiger partial charge in [0, 0.05) is 14.2 Å². The fraction of sp³-hybridized carbons (Fsp3) is 0.364. The zero-order valence-corrected chi connectivity index (χ0v) is 18.4. The number of benzene rings is 1. The van der Waals surface area contributed by atoms with Crippen molar-refractivity contribution < 1.29 is 34.4 Å². The van der Waals surface area contributed by atoms with E-state index < -0.39 is 42.3 Å². The van der Waals surface area contributed by atoms with Crippen LogP contribution in [0.4, 0.5) is 5.69 Å². The molecule has 2 heterocycles. The van der Waals surface area contributed by atoms with Crippen LogP contribution in [0.1, 0.15) is 5.56 Å². The standard InChI is InChI=1S/C22H26N2O7S/c1-24-15-5-3-4-6-17(15)31-11-14(22(24)29)23-21(28)20(30-2)19(27)18(26)16(25)8-7-13-9-10-32-12-13/h3-10,12,14,16,18-20,25-27H,11H2,1-2H3,(H,23,28)/t14?,16-,18+,19-,20-/m1/s1. The van der Waals surface area contributed by atoms with E-state index in [2.05, 4.69) is 5.32 Å². The maximum atomic E-state index is 12.8. The van der Waals surface area contributed by atoms with Crippen molar-refractivity contribution in [1.82, 2.24) is 5.32 Å². The highest BCUT2D eigenvalue weighted by Crippen LogP contribution is 2.29. The van der Waals surface area contributed by atoms with E-state index in [0.717, 1.165) is 5.56 Å². The summed E-state index contributed by atoms with van der Waals surface area (Å²) in [5, 5.41) is 37.2. The Labute approximate surface area is 189 Å². The molecular weight excluding hydrogens is 436 g/mol. The Balaban J connectivity index is 1.65. The van der Waals surface area contributed by atoms with Crippen molar-refractivity contribution in [2.75, 3.05) is 25.7 Å². The fourth-order valence-electron chi connectivity index (χ4n) is 3.29. The summed E-state index contributed by atoms with van der Waals surface area (Å²) in [5.41, 5.74) is 1.39. The predicted molar refractivity (Wildman–Crippen MR) is 119 cm³/mol. The molecule has 9 nitrogen and oxygen atoms in total. The number of carbonyl (C=O) groups excluding carboxylic acids is 2. The number of nitrogens with zero attached hydrogens (tertiary/aromatic N) is 1. The molecule has 0 saturated heterocycles. The van der Waals surface area contributed by atoms with Crippen molar-refractivity contribution in [3.8, 4) is 5.75 Å². The van der Waals surface area contributed by atoms with Gasteiger partial charge in [0.1, 0.15) is 36.7 Å². The van der Waals surface area contributed by atoms with Gasteiger partial charge >= 0.3 is 0 Å². The number of amides is 2. The highest BCUT2D eigenvalue weighted by Gasteiger charge is 2.38. The van der Waals surface area contributed by atoms with E-state index in [1.165, 1.54) is 29.4 Å². The van der Waals surface area contributed by atoms with Crippen molar-refractivity contribution in [2.45, 2.75) is 30.5 Å². The average molecular weight is 463 g/mol. The number of carbonyl (C=O) groups is 2. The first-order valence-electron chi connectivity index (χ1n) is 9.90. The number of ether oxygens (including phenoxy) is 2. The number of thiophene rings is 1. The molecule has 2 aromatic rings. The van der Waals surface area contributed by atoms with Crippen molar-refractivity contribution in [1.29, 1.82) is 0 Å². The lowest BCUT2D eigenvalue weighted by molar-refractivity contribution is -0.150. The number of rotatable bonds is 8. The van der Waals surface area contributed by atoms with Crippen molar-refractivity contribution in [3.05, 3.63) is 52.7 Å². The van der Waals surface area contributed by atoms with E-state index in [9.17, 15) is 24.9 Å². The number of para-hydroxylation sites is 2. The molecule has 1 aliphatic heterocycles. The minimum absolute atomic E-state index is 0.118. The predicted octanol–water partition coefficient (Wildman–Crippen LogP) is 0.399. The molecule has 32 heavy (non-hydrogen) atoms. The van der Waals surface area contributed by atoms with Gasteiger partial charge in [-0.1, -0.05) is 24.3 Å². The third-order valence-electron chi connectivity index (χ3n) is 5.13. The van der Waals surface area contributed by atoms with Crippen LogP contribution in [0.3, 0.4) is 0 Å². The largest absolute Gasteiger partial charge is 0.489 e. The van der Waals surface area contributed by atoms with E-state index in [1.54, 1.807) is 37.4 Å². The van der Waals surface area contributed by atoms with E-state index >= 15 is 0 Å². The summed E-state index contributed by atoms with van der Waals surface area (Å²) < 4.78 is 10.7. The normalized spacial score (nSPS) is 20.1. The molecular formula is C22H26N2O7S. The van der Waals surface area contributed by atoms with Gasteiger partial charge in [-0.05, 0) is 34.5 Å². The zero-order valence-electron chi connectivity index (χ0n) is 17.6. The van der Waals surface area contributed by atoms with Crippen LogP contribution in [0.2, 0.25) is 0 Å². The molecule has 0 saturated carbocycles. The monoisotopic (exact) mass is 462 g/mol. The number of hydrogen-bond donors (Lipinski definition) is 4. The molecule has 3 rings (SSSR count). The van der Waals surface area contributed by atoms with Crippen molar-refractivity contribution in [3.63, 3.8) is 0 Å². The van der Waals surface area contributed by atoms with Gasteiger partial charge in [0.2, 0.25) is 0 Å². The molecule has 0 aliphatic carbocycles. The lowest BCUT2D eigenvalue weighted by atomic mass is 10.0. The second kappa shape index (κ2) is 10.7. The Hall–Kier alpha value is -2.76. The van der Waals surface area contributed by atoms with Gasteiger partial charge in [-0.15, -0.1) is 0 Å². The third-order valence-corrected chi connectivity index (χ3v) is 5.83. The summed E-state index contributed by atoms with van der Waals surface area (Å²) >= 11 is 1.47. The molecule has 1 aliphatic rings. The number of methoxy groups -OCH3 is 1. The Morgan fingerprint density at radius 2 is 2.03 bits per heavy atom.